The number of hydrogen-bond donors (Lipinski definition) is 2. The molecule has 0 radical (unpaired) electrons. The Balaban J connectivity index is 3.41. The van der Waals surface area contributed by atoms with Crippen molar-refractivity contribution in [3.05, 3.63) is 29.8 Å². The van der Waals surface area contributed by atoms with E-state index in [2.05, 4.69) is 9.47 Å². The van der Waals surface area contributed by atoms with E-state index < -0.39 is 47.4 Å². The van der Waals surface area contributed by atoms with Crippen molar-refractivity contribution in [1.29, 1.82) is 0 Å². The van der Waals surface area contributed by atoms with Crippen molar-refractivity contribution in [3.8, 4) is 0 Å². The predicted octanol–water partition coefficient (Wildman–Crippen LogP) is 3.68. The van der Waals surface area contributed by atoms with E-state index in [0.717, 1.165) is 12.1 Å². The standard InChI is InChI=1S/C15H16F6N2O4/c1-8(2)27-12(25)23-13(11(24)26-3,15(19,20)21)22-10-6-4-5-9(7-10)14(16,17)18/h4-8,22H,1-3H3,(H,23,25)/t13-/m1/s1. The molecule has 0 heterocycles. The maximum absolute atomic E-state index is 13.7. The number of esters is 1. The van der Waals surface area contributed by atoms with E-state index in [1.54, 1.807) is 5.32 Å². The molecule has 0 unspecified atom stereocenters. The first-order chi connectivity index (χ1) is 12.2. The minimum atomic E-state index is -5.50. The number of methoxy groups -OCH3 is 1. The van der Waals surface area contributed by atoms with Gasteiger partial charge in [0.05, 0.1) is 18.8 Å². The third-order valence-electron chi connectivity index (χ3n) is 3.07. The van der Waals surface area contributed by atoms with Gasteiger partial charge in [-0.15, -0.1) is 0 Å². The number of carbonyl (C=O) groups excluding carboxylic acids is 2. The molecule has 1 rings (SSSR count). The molecule has 152 valence electrons. The van der Waals surface area contributed by atoms with Crippen LogP contribution in [0.4, 0.5) is 36.8 Å². The molecule has 1 amide bonds. The molecule has 0 saturated heterocycles. The van der Waals surface area contributed by atoms with Gasteiger partial charge in [0.2, 0.25) is 0 Å². The summed E-state index contributed by atoms with van der Waals surface area (Å²) >= 11 is 0. The van der Waals surface area contributed by atoms with Crippen molar-refractivity contribution in [2.45, 2.75) is 38.0 Å². The quantitative estimate of drug-likeness (QED) is 0.446. The van der Waals surface area contributed by atoms with E-state index in [1.807, 2.05) is 0 Å². The minimum absolute atomic E-state index is 0.346. The number of rotatable bonds is 5. The van der Waals surface area contributed by atoms with Gasteiger partial charge in [-0.25, -0.2) is 9.59 Å². The Morgan fingerprint density at radius 3 is 2.11 bits per heavy atom. The van der Waals surface area contributed by atoms with Crippen LogP contribution in [0, 0.1) is 0 Å². The number of ether oxygens (including phenoxy) is 2. The van der Waals surface area contributed by atoms with Crippen LogP contribution >= 0.6 is 0 Å². The summed E-state index contributed by atoms with van der Waals surface area (Å²) in [6.07, 6.45) is -12.8. The molecule has 0 aliphatic rings. The van der Waals surface area contributed by atoms with E-state index >= 15 is 0 Å². The van der Waals surface area contributed by atoms with Crippen molar-refractivity contribution in [3.63, 3.8) is 0 Å². The molecular formula is C15H16F6N2O4. The van der Waals surface area contributed by atoms with Crippen LogP contribution in [-0.2, 0) is 20.4 Å². The second kappa shape index (κ2) is 7.92. The number of hydrogen-bond acceptors (Lipinski definition) is 5. The van der Waals surface area contributed by atoms with E-state index in [-0.39, 0.29) is 0 Å². The lowest BCUT2D eigenvalue weighted by molar-refractivity contribution is -0.204. The number of benzene rings is 1. The first-order valence-electron chi connectivity index (χ1n) is 7.32. The fourth-order valence-corrected chi connectivity index (χ4v) is 1.93. The topological polar surface area (TPSA) is 76.7 Å². The van der Waals surface area contributed by atoms with Crippen molar-refractivity contribution in [2.75, 3.05) is 12.4 Å². The van der Waals surface area contributed by atoms with Gasteiger partial charge < -0.3 is 14.8 Å². The maximum Gasteiger partial charge on any atom is 0.442 e. The smallest absolute Gasteiger partial charge is 0.442 e. The molecule has 0 aromatic heterocycles. The highest BCUT2D eigenvalue weighted by atomic mass is 19.4. The van der Waals surface area contributed by atoms with Crippen LogP contribution in [0.2, 0.25) is 0 Å². The van der Waals surface area contributed by atoms with Gasteiger partial charge in [-0.1, -0.05) is 6.07 Å². The first kappa shape index (κ1) is 22.4. The Bertz CT molecular complexity index is 690. The zero-order chi connectivity index (χ0) is 21.0. The number of alkyl halides is 6. The monoisotopic (exact) mass is 402 g/mol. The van der Waals surface area contributed by atoms with Crippen LogP contribution in [0.25, 0.3) is 0 Å². The molecule has 1 aromatic rings. The third-order valence-corrected chi connectivity index (χ3v) is 3.07. The summed E-state index contributed by atoms with van der Waals surface area (Å²) in [5, 5.41) is 2.89. The molecule has 12 heteroatoms. The molecule has 0 aliphatic heterocycles. The van der Waals surface area contributed by atoms with Crippen LogP contribution in [0.3, 0.4) is 0 Å². The average molecular weight is 402 g/mol. The highest BCUT2D eigenvalue weighted by Gasteiger charge is 2.64. The molecular weight excluding hydrogens is 386 g/mol. The zero-order valence-electron chi connectivity index (χ0n) is 14.3. The number of nitrogens with one attached hydrogen (secondary N) is 2. The van der Waals surface area contributed by atoms with Gasteiger partial charge >= 0.3 is 30.1 Å². The normalized spacial score (nSPS) is 14.3. The molecule has 0 spiro atoms. The summed E-state index contributed by atoms with van der Waals surface area (Å²) in [5.41, 5.74) is -5.88. The molecule has 6 nitrogen and oxygen atoms in total. The fraction of sp³-hybridized carbons (Fsp3) is 0.467. The minimum Gasteiger partial charge on any atom is -0.466 e. The van der Waals surface area contributed by atoms with Gasteiger partial charge in [0.25, 0.3) is 0 Å². The van der Waals surface area contributed by atoms with Crippen LogP contribution in [-0.4, -0.2) is 37.1 Å². The molecule has 0 saturated carbocycles. The third kappa shape index (κ3) is 5.41. The van der Waals surface area contributed by atoms with Crippen molar-refractivity contribution in [1.82, 2.24) is 5.32 Å². The summed E-state index contributed by atoms with van der Waals surface area (Å²) in [7, 11) is 0.617. The summed E-state index contributed by atoms with van der Waals surface area (Å²) < 4.78 is 88.0. The fourth-order valence-electron chi connectivity index (χ4n) is 1.93. The largest absolute Gasteiger partial charge is 0.466 e. The van der Waals surface area contributed by atoms with E-state index in [9.17, 15) is 35.9 Å². The van der Waals surface area contributed by atoms with Gasteiger partial charge in [-0.05, 0) is 32.0 Å². The summed E-state index contributed by atoms with van der Waals surface area (Å²) in [6, 6.07) is 2.65. The van der Waals surface area contributed by atoms with Gasteiger partial charge in [0.15, 0.2) is 0 Å². The molecule has 0 bridgehead atoms. The Labute approximate surface area is 149 Å². The number of halogens is 6. The molecule has 2 N–H and O–H groups in total. The lowest BCUT2D eigenvalue weighted by Crippen LogP contribution is -2.69. The second-order valence-corrected chi connectivity index (χ2v) is 5.52. The van der Waals surface area contributed by atoms with E-state index in [1.165, 1.54) is 19.2 Å². The maximum atomic E-state index is 13.7. The highest BCUT2D eigenvalue weighted by Crippen LogP contribution is 2.35. The lowest BCUT2D eigenvalue weighted by Gasteiger charge is -2.34. The molecule has 0 fully saturated rings. The lowest BCUT2D eigenvalue weighted by atomic mass is 10.1. The number of alkyl carbamates (subject to hydrolysis) is 1. The van der Waals surface area contributed by atoms with Crippen LogP contribution in [0.15, 0.2) is 24.3 Å². The van der Waals surface area contributed by atoms with Gasteiger partial charge in [0.1, 0.15) is 0 Å². The highest BCUT2D eigenvalue weighted by molar-refractivity contribution is 5.89. The molecule has 27 heavy (non-hydrogen) atoms. The summed E-state index contributed by atoms with van der Waals surface area (Å²) in [6.45, 7) is 2.68. The second-order valence-electron chi connectivity index (χ2n) is 5.52. The predicted molar refractivity (Wildman–Crippen MR) is 80.6 cm³/mol. The number of anilines is 1. The van der Waals surface area contributed by atoms with Crippen molar-refractivity contribution in [2.24, 2.45) is 0 Å². The molecule has 1 atom stereocenters. The van der Waals surface area contributed by atoms with Gasteiger partial charge in [-0.2, -0.15) is 26.3 Å². The Kier molecular flexibility index (Phi) is 6.57. The summed E-state index contributed by atoms with van der Waals surface area (Å²) in [4.78, 5) is 23.6. The Morgan fingerprint density at radius 1 is 1.07 bits per heavy atom. The van der Waals surface area contributed by atoms with Crippen LogP contribution < -0.4 is 10.6 Å². The first-order valence-corrected chi connectivity index (χ1v) is 7.32. The van der Waals surface area contributed by atoms with Crippen LogP contribution in [0.1, 0.15) is 19.4 Å². The van der Waals surface area contributed by atoms with E-state index in [4.69, 9.17) is 0 Å². The average Bonchev–Trinajstić information content (AvgIpc) is 2.51. The SMILES string of the molecule is COC(=O)[C@](NC(=O)OC(C)C)(Nc1cccc(C(F)(F)F)c1)C(F)(F)F. The number of amides is 1. The van der Waals surface area contributed by atoms with Gasteiger partial charge in [-0.3, -0.25) is 5.32 Å². The van der Waals surface area contributed by atoms with Gasteiger partial charge in [0, 0.05) is 5.69 Å². The van der Waals surface area contributed by atoms with E-state index in [0.29, 0.717) is 19.2 Å². The van der Waals surface area contributed by atoms with Crippen molar-refractivity contribution < 1.29 is 45.4 Å². The molecule has 0 aliphatic carbocycles. The number of carbonyl (C=O) groups is 2. The Hall–Kier alpha value is -2.66. The van der Waals surface area contributed by atoms with Crippen molar-refractivity contribution >= 4 is 17.7 Å². The molecule has 1 aromatic carbocycles. The zero-order valence-corrected chi connectivity index (χ0v) is 14.3. The Morgan fingerprint density at radius 2 is 1.67 bits per heavy atom. The van der Waals surface area contributed by atoms with Crippen LogP contribution in [0.5, 0.6) is 0 Å². The summed E-state index contributed by atoms with van der Waals surface area (Å²) in [5.74, 6) is -2.01.